The van der Waals surface area contributed by atoms with Gasteiger partial charge >= 0.3 is 0 Å². The number of imidazole rings is 1. The molecule has 0 amide bonds. The molecule has 0 aromatic carbocycles. The quantitative estimate of drug-likeness (QED) is 0.676. The number of hydrogen-bond donors (Lipinski definition) is 1. The van der Waals surface area contributed by atoms with Crippen molar-refractivity contribution >= 4 is 31.9 Å². The number of hydrogen-bond acceptors (Lipinski definition) is 4. The van der Waals surface area contributed by atoms with Crippen LogP contribution in [0.2, 0.25) is 0 Å². The maximum absolute atomic E-state index is 5.41. The van der Waals surface area contributed by atoms with Gasteiger partial charge in [0.15, 0.2) is 0 Å². The Bertz CT molecular complexity index is 301. The number of nitrogens with one attached hydrogen (secondary N) is 1. The molecular weight excluding hydrogens is 356 g/mol. The van der Waals surface area contributed by atoms with Gasteiger partial charge in [0, 0.05) is 13.5 Å². The number of ether oxygens (including phenoxy) is 3. The molecule has 1 aromatic heterocycles. The van der Waals surface area contributed by atoms with Crippen LogP contribution >= 0.6 is 31.9 Å². The Morgan fingerprint density at radius 3 is 2.29 bits per heavy atom. The second-order valence-corrected chi connectivity index (χ2v) is 4.80. The number of halogens is 2. The molecule has 7 heteroatoms. The summed E-state index contributed by atoms with van der Waals surface area (Å²) in [6.07, 6.45) is 0.752. The summed E-state index contributed by atoms with van der Waals surface area (Å²) in [6, 6.07) is 0. The van der Waals surface area contributed by atoms with Gasteiger partial charge in [-0.3, -0.25) is 0 Å². The van der Waals surface area contributed by atoms with Crippen LogP contribution in [0.5, 0.6) is 0 Å². The highest BCUT2D eigenvalue weighted by molar-refractivity contribution is 9.13. The van der Waals surface area contributed by atoms with E-state index < -0.39 is 0 Å². The highest BCUT2D eigenvalue weighted by Crippen LogP contribution is 2.19. The molecular formula is C10H16Br2N2O3. The zero-order valence-electron chi connectivity index (χ0n) is 9.67. The Balaban J connectivity index is 1.97. The predicted octanol–water partition coefficient (Wildman–Crippen LogP) is 2.16. The van der Waals surface area contributed by atoms with E-state index in [4.69, 9.17) is 14.2 Å². The van der Waals surface area contributed by atoms with Gasteiger partial charge in [0.1, 0.15) is 15.0 Å². The van der Waals surface area contributed by atoms with Gasteiger partial charge in [-0.05, 0) is 31.9 Å². The van der Waals surface area contributed by atoms with Crippen LogP contribution in [0.1, 0.15) is 5.82 Å². The van der Waals surface area contributed by atoms with Crippen molar-refractivity contribution in [2.45, 2.75) is 6.42 Å². The Morgan fingerprint density at radius 1 is 1.06 bits per heavy atom. The van der Waals surface area contributed by atoms with E-state index in [1.807, 2.05) is 0 Å². The molecule has 0 unspecified atom stereocenters. The summed E-state index contributed by atoms with van der Waals surface area (Å²) in [5.41, 5.74) is 0. The van der Waals surface area contributed by atoms with Crippen LogP contribution in [0.15, 0.2) is 9.21 Å². The van der Waals surface area contributed by atoms with E-state index in [2.05, 4.69) is 41.8 Å². The summed E-state index contributed by atoms with van der Waals surface area (Å²) in [6.45, 7) is 3.04. The lowest BCUT2D eigenvalue weighted by Gasteiger charge is -2.04. The zero-order valence-corrected chi connectivity index (χ0v) is 12.8. The van der Waals surface area contributed by atoms with E-state index in [9.17, 15) is 0 Å². The second kappa shape index (κ2) is 9.04. The molecule has 0 aliphatic rings. The number of aromatic amines is 1. The Kier molecular flexibility index (Phi) is 8.04. The second-order valence-electron chi connectivity index (χ2n) is 3.26. The van der Waals surface area contributed by atoms with Gasteiger partial charge in [-0.2, -0.15) is 0 Å². The average molecular weight is 372 g/mol. The molecule has 1 aromatic rings. The van der Waals surface area contributed by atoms with Crippen LogP contribution < -0.4 is 0 Å². The highest BCUT2D eigenvalue weighted by atomic mass is 79.9. The summed E-state index contributed by atoms with van der Waals surface area (Å²) in [5.74, 6) is 0.893. The van der Waals surface area contributed by atoms with Crippen molar-refractivity contribution in [3.8, 4) is 0 Å². The Labute approximate surface area is 117 Å². The minimum Gasteiger partial charge on any atom is -0.382 e. The molecule has 0 atom stereocenters. The normalized spacial score (nSPS) is 11.0. The largest absolute Gasteiger partial charge is 0.382 e. The highest BCUT2D eigenvalue weighted by Gasteiger charge is 2.04. The fourth-order valence-corrected chi connectivity index (χ4v) is 1.76. The Hall–Kier alpha value is 0.0500. The molecule has 0 saturated carbocycles. The summed E-state index contributed by atoms with van der Waals surface area (Å²) in [4.78, 5) is 7.35. The molecule has 0 radical (unpaired) electrons. The third-order valence-corrected chi connectivity index (χ3v) is 3.63. The van der Waals surface area contributed by atoms with Crippen molar-refractivity contribution < 1.29 is 14.2 Å². The number of aromatic nitrogens is 2. The molecule has 1 heterocycles. The zero-order chi connectivity index (χ0) is 12.5. The van der Waals surface area contributed by atoms with Crippen LogP contribution in [-0.4, -0.2) is 50.1 Å². The van der Waals surface area contributed by atoms with E-state index in [0.29, 0.717) is 33.0 Å². The first-order chi connectivity index (χ1) is 8.24. The summed E-state index contributed by atoms with van der Waals surface area (Å²) in [7, 11) is 1.65. The van der Waals surface area contributed by atoms with Crippen LogP contribution in [0.3, 0.4) is 0 Å². The molecule has 0 aliphatic heterocycles. The molecule has 0 saturated heterocycles. The average Bonchev–Trinajstić information content (AvgIpc) is 2.62. The number of H-pyrrole nitrogens is 1. The molecule has 0 spiro atoms. The maximum Gasteiger partial charge on any atom is 0.138 e. The molecule has 98 valence electrons. The van der Waals surface area contributed by atoms with Gasteiger partial charge in [0.2, 0.25) is 0 Å². The van der Waals surface area contributed by atoms with Crippen molar-refractivity contribution in [2.24, 2.45) is 0 Å². The lowest BCUT2D eigenvalue weighted by Crippen LogP contribution is -2.10. The van der Waals surface area contributed by atoms with Gasteiger partial charge < -0.3 is 19.2 Å². The smallest absolute Gasteiger partial charge is 0.138 e. The van der Waals surface area contributed by atoms with Gasteiger partial charge in [-0.15, -0.1) is 0 Å². The lowest BCUT2D eigenvalue weighted by molar-refractivity contribution is 0.0253. The fourth-order valence-electron chi connectivity index (χ4n) is 1.13. The Morgan fingerprint density at radius 2 is 1.71 bits per heavy atom. The maximum atomic E-state index is 5.41. The SMILES string of the molecule is COCCOCCOCCc1nc(Br)c(Br)[nH]1. The first-order valence-electron chi connectivity index (χ1n) is 5.28. The first-order valence-corrected chi connectivity index (χ1v) is 6.87. The standard InChI is InChI=1S/C10H16Br2N2O3/c1-15-4-5-17-7-6-16-3-2-8-13-9(11)10(12)14-8/h2-7H2,1H3,(H,13,14). The molecule has 0 aliphatic carbocycles. The molecule has 1 N–H and O–H groups in total. The van der Waals surface area contributed by atoms with Crippen molar-refractivity contribution in [1.29, 1.82) is 0 Å². The van der Waals surface area contributed by atoms with Crippen LogP contribution in [0.4, 0.5) is 0 Å². The molecule has 1 rings (SSSR count). The van der Waals surface area contributed by atoms with E-state index in [1.165, 1.54) is 0 Å². The summed E-state index contributed by atoms with van der Waals surface area (Å²) >= 11 is 6.65. The third-order valence-electron chi connectivity index (χ3n) is 1.96. The monoisotopic (exact) mass is 370 g/mol. The van der Waals surface area contributed by atoms with Gasteiger partial charge in [0.05, 0.1) is 33.0 Å². The van der Waals surface area contributed by atoms with Crippen molar-refractivity contribution in [1.82, 2.24) is 9.97 Å². The van der Waals surface area contributed by atoms with Gasteiger partial charge in [-0.1, -0.05) is 0 Å². The summed E-state index contributed by atoms with van der Waals surface area (Å²) in [5, 5.41) is 0. The molecule has 17 heavy (non-hydrogen) atoms. The van der Waals surface area contributed by atoms with E-state index >= 15 is 0 Å². The molecule has 0 fully saturated rings. The van der Waals surface area contributed by atoms with Crippen molar-refractivity contribution in [2.75, 3.05) is 40.1 Å². The van der Waals surface area contributed by atoms with Crippen LogP contribution in [0.25, 0.3) is 0 Å². The minimum absolute atomic E-state index is 0.590. The molecule has 5 nitrogen and oxygen atoms in total. The topological polar surface area (TPSA) is 56.4 Å². The predicted molar refractivity (Wildman–Crippen MR) is 71.2 cm³/mol. The first kappa shape index (κ1) is 15.1. The number of nitrogens with zero attached hydrogens (tertiary/aromatic N) is 1. The van der Waals surface area contributed by atoms with E-state index in [1.54, 1.807) is 7.11 Å². The number of methoxy groups -OCH3 is 1. The summed E-state index contributed by atoms with van der Waals surface area (Å²) < 4.78 is 17.2. The van der Waals surface area contributed by atoms with Crippen molar-refractivity contribution in [3.05, 3.63) is 15.0 Å². The van der Waals surface area contributed by atoms with Crippen LogP contribution in [0, 0.1) is 0 Å². The number of rotatable bonds is 9. The van der Waals surface area contributed by atoms with Gasteiger partial charge in [0.25, 0.3) is 0 Å². The lowest BCUT2D eigenvalue weighted by atomic mass is 10.4. The van der Waals surface area contributed by atoms with E-state index in [0.717, 1.165) is 21.5 Å². The van der Waals surface area contributed by atoms with Crippen LogP contribution in [-0.2, 0) is 20.6 Å². The third kappa shape index (κ3) is 6.52. The van der Waals surface area contributed by atoms with Gasteiger partial charge in [-0.25, -0.2) is 4.98 Å². The minimum atomic E-state index is 0.590. The fraction of sp³-hybridized carbons (Fsp3) is 0.700. The van der Waals surface area contributed by atoms with E-state index in [-0.39, 0.29) is 0 Å². The molecule has 0 bridgehead atoms. The van der Waals surface area contributed by atoms with Crippen molar-refractivity contribution in [3.63, 3.8) is 0 Å².